The van der Waals surface area contributed by atoms with Crippen molar-refractivity contribution in [3.8, 4) is 0 Å². The Morgan fingerprint density at radius 1 is 1.46 bits per heavy atom. The van der Waals surface area contributed by atoms with E-state index in [9.17, 15) is 17.7 Å². The van der Waals surface area contributed by atoms with Crippen molar-refractivity contribution < 1.29 is 17.7 Å². The minimum atomic E-state index is -4.54. The number of imidazole rings is 1. The zero-order chi connectivity index (χ0) is 19.1. The van der Waals surface area contributed by atoms with Crippen molar-refractivity contribution in [3.63, 3.8) is 0 Å². The van der Waals surface area contributed by atoms with Crippen LogP contribution in [0.25, 0.3) is 0 Å². The number of alkyl halides is 3. The molecule has 0 saturated heterocycles. The van der Waals surface area contributed by atoms with E-state index in [1.165, 1.54) is 6.20 Å². The summed E-state index contributed by atoms with van der Waals surface area (Å²) in [6.07, 6.45) is 0.245. The molecule has 1 aliphatic carbocycles. The van der Waals surface area contributed by atoms with Gasteiger partial charge in [-0.25, -0.2) is 4.98 Å². The highest BCUT2D eigenvalue weighted by Crippen LogP contribution is 2.41. The molecule has 6 nitrogen and oxygen atoms in total. The first-order chi connectivity index (χ1) is 12.2. The number of allylic oxidation sites excluding steroid dienone is 2. The number of rotatable bonds is 5. The Kier molecular flexibility index (Phi) is 4.98. The second-order valence-electron chi connectivity index (χ2n) is 6.03. The fourth-order valence-electron chi connectivity index (χ4n) is 2.58. The van der Waals surface area contributed by atoms with Crippen LogP contribution in [0.1, 0.15) is 31.5 Å². The van der Waals surface area contributed by atoms with Crippen molar-refractivity contribution in [3.05, 3.63) is 29.4 Å². The van der Waals surface area contributed by atoms with Crippen LogP contribution in [-0.2, 0) is 18.2 Å². The first-order valence-electron chi connectivity index (χ1n) is 8.06. The zero-order valence-electron chi connectivity index (χ0n) is 14.2. The SMILES string of the molecule is CC[S+]([O-])c1c(N/C=C2/N=CC(C(F)(F)F)=CC2=N)nc(C2CC2)n1C. The molecule has 0 spiro atoms. The second-order valence-corrected chi connectivity index (χ2v) is 7.69. The van der Waals surface area contributed by atoms with Gasteiger partial charge in [-0.2, -0.15) is 13.2 Å². The van der Waals surface area contributed by atoms with Crippen LogP contribution >= 0.6 is 0 Å². The summed E-state index contributed by atoms with van der Waals surface area (Å²) >= 11 is -1.26. The van der Waals surface area contributed by atoms with E-state index in [1.54, 1.807) is 14.0 Å². The minimum Gasteiger partial charge on any atom is -0.610 e. The maximum absolute atomic E-state index is 12.7. The van der Waals surface area contributed by atoms with Crippen molar-refractivity contribution in [1.29, 1.82) is 5.41 Å². The monoisotopic (exact) mass is 385 g/mol. The highest BCUT2D eigenvalue weighted by atomic mass is 32.2. The van der Waals surface area contributed by atoms with Gasteiger partial charge in [-0.1, -0.05) is 0 Å². The molecule has 1 saturated carbocycles. The van der Waals surface area contributed by atoms with Gasteiger partial charge in [-0.05, 0) is 25.8 Å². The number of halogens is 3. The van der Waals surface area contributed by atoms with Gasteiger partial charge < -0.3 is 9.87 Å². The minimum absolute atomic E-state index is 0.0462. The van der Waals surface area contributed by atoms with Crippen molar-refractivity contribution in [2.75, 3.05) is 11.1 Å². The molecule has 2 N–H and O–H groups in total. The largest absolute Gasteiger partial charge is 0.610 e. The molecule has 26 heavy (non-hydrogen) atoms. The molecule has 10 heteroatoms. The lowest BCUT2D eigenvalue weighted by Gasteiger charge is -2.13. The number of aliphatic imine (C=N–C) groups is 1. The van der Waals surface area contributed by atoms with E-state index in [0.717, 1.165) is 24.7 Å². The summed E-state index contributed by atoms with van der Waals surface area (Å²) in [4.78, 5) is 8.20. The van der Waals surface area contributed by atoms with E-state index in [4.69, 9.17) is 5.41 Å². The molecule has 140 valence electrons. The quantitative estimate of drug-likeness (QED) is 0.763. The Morgan fingerprint density at radius 2 is 2.15 bits per heavy atom. The fourth-order valence-corrected chi connectivity index (χ4v) is 3.57. The van der Waals surface area contributed by atoms with E-state index in [-0.39, 0.29) is 11.4 Å². The molecule has 3 rings (SSSR count). The molecule has 0 amide bonds. The molecular formula is C16H18F3N5OS. The summed E-state index contributed by atoms with van der Waals surface area (Å²) in [7, 11) is 1.81. The number of aromatic nitrogens is 2. The lowest BCUT2D eigenvalue weighted by Crippen LogP contribution is -2.18. The fraction of sp³-hybridized carbons (Fsp3) is 0.438. The Hall–Kier alpha value is -2.07. The average molecular weight is 385 g/mol. The van der Waals surface area contributed by atoms with E-state index in [1.807, 2.05) is 4.57 Å². The molecule has 2 heterocycles. The maximum atomic E-state index is 12.7. The summed E-state index contributed by atoms with van der Waals surface area (Å²) in [6, 6.07) is 0. The van der Waals surface area contributed by atoms with Crippen LogP contribution < -0.4 is 5.32 Å². The summed E-state index contributed by atoms with van der Waals surface area (Å²) in [5, 5.41) is 11.1. The maximum Gasteiger partial charge on any atom is 0.417 e. The molecule has 2 aliphatic rings. The number of nitrogens with one attached hydrogen (secondary N) is 2. The molecule has 0 bridgehead atoms. The Labute approximate surface area is 151 Å². The van der Waals surface area contributed by atoms with Gasteiger partial charge in [0.15, 0.2) is 0 Å². The number of hydrogen-bond donors (Lipinski definition) is 2. The van der Waals surface area contributed by atoms with E-state index in [0.29, 0.717) is 28.7 Å². The Morgan fingerprint density at radius 3 is 2.69 bits per heavy atom. The first-order valence-corrected chi connectivity index (χ1v) is 9.37. The smallest absolute Gasteiger partial charge is 0.417 e. The van der Waals surface area contributed by atoms with Crippen LogP contribution in [0.2, 0.25) is 0 Å². The van der Waals surface area contributed by atoms with Crippen LogP contribution in [0.3, 0.4) is 0 Å². The topological polar surface area (TPSA) is 89.1 Å². The third-order valence-electron chi connectivity index (χ3n) is 4.09. The third-order valence-corrected chi connectivity index (χ3v) is 5.51. The van der Waals surface area contributed by atoms with Crippen molar-refractivity contribution in [2.24, 2.45) is 12.0 Å². The van der Waals surface area contributed by atoms with Crippen LogP contribution in [0.4, 0.5) is 19.0 Å². The normalized spacial score (nSPS) is 20.5. The van der Waals surface area contributed by atoms with Crippen LogP contribution in [-0.4, -0.2) is 38.0 Å². The second kappa shape index (κ2) is 6.92. The summed E-state index contributed by atoms with van der Waals surface area (Å²) in [5.41, 5.74) is -1.28. The number of dihydropyridines is 1. The van der Waals surface area contributed by atoms with E-state index >= 15 is 0 Å². The first kappa shape index (κ1) is 18.7. The molecular weight excluding hydrogens is 367 g/mol. The van der Waals surface area contributed by atoms with E-state index in [2.05, 4.69) is 15.3 Å². The van der Waals surface area contributed by atoms with Crippen molar-refractivity contribution in [1.82, 2.24) is 9.55 Å². The molecule has 0 aromatic carbocycles. The van der Waals surface area contributed by atoms with Gasteiger partial charge >= 0.3 is 6.18 Å². The molecule has 1 aromatic heterocycles. The molecule has 1 aromatic rings. The zero-order valence-corrected chi connectivity index (χ0v) is 15.0. The standard InChI is InChI=1S/C16H18F3N5OS/c1-3-26(25)15-13(23-14(24(15)2)9-4-5-9)22-8-12-11(20)6-10(7-21-12)16(17,18)19/h6-9,20,22H,3-5H2,1-2H3/b12-8+,20-11?. The Bertz CT molecular complexity index is 821. The van der Waals surface area contributed by atoms with Gasteiger partial charge in [0.05, 0.1) is 11.3 Å². The van der Waals surface area contributed by atoms with Crippen LogP contribution in [0.15, 0.2) is 33.6 Å². The van der Waals surface area contributed by atoms with Crippen LogP contribution in [0, 0.1) is 5.41 Å². The predicted molar refractivity (Wildman–Crippen MR) is 94.2 cm³/mol. The van der Waals surface area contributed by atoms with E-state index < -0.39 is 22.9 Å². The number of nitrogens with zero attached hydrogens (tertiary/aromatic N) is 3. The highest BCUT2D eigenvalue weighted by Gasteiger charge is 2.35. The lowest BCUT2D eigenvalue weighted by atomic mass is 10.1. The molecule has 1 fully saturated rings. The predicted octanol–water partition coefficient (Wildman–Crippen LogP) is 3.27. The average Bonchev–Trinajstić information content (AvgIpc) is 3.36. The van der Waals surface area contributed by atoms with Crippen LogP contribution in [0.5, 0.6) is 0 Å². The van der Waals surface area contributed by atoms with Crippen molar-refractivity contribution >= 4 is 28.9 Å². The van der Waals surface area contributed by atoms with Gasteiger partial charge in [0, 0.05) is 36.6 Å². The summed E-state index contributed by atoms with van der Waals surface area (Å²) in [5.74, 6) is 1.99. The Balaban J connectivity index is 1.85. The van der Waals surface area contributed by atoms with Gasteiger partial charge in [-0.3, -0.25) is 15.0 Å². The van der Waals surface area contributed by atoms with Crippen molar-refractivity contribution in [2.45, 2.75) is 36.9 Å². The highest BCUT2D eigenvalue weighted by molar-refractivity contribution is 7.91. The van der Waals surface area contributed by atoms with Gasteiger partial charge in [-0.15, -0.1) is 0 Å². The molecule has 1 atom stereocenters. The lowest BCUT2D eigenvalue weighted by molar-refractivity contribution is -0.0855. The van der Waals surface area contributed by atoms with Gasteiger partial charge in [0.2, 0.25) is 5.82 Å². The number of hydrogen-bond acceptors (Lipinski definition) is 5. The van der Waals surface area contributed by atoms with Gasteiger partial charge in [0.1, 0.15) is 17.3 Å². The third kappa shape index (κ3) is 3.70. The summed E-state index contributed by atoms with van der Waals surface area (Å²) < 4.78 is 52.2. The van der Waals surface area contributed by atoms with Gasteiger partial charge in [0.25, 0.3) is 5.03 Å². The molecule has 0 radical (unpaired) electrons. The summed E-state index contributed by atoms with van der Waals surface area (Å²) in [6.45, 7) is 1.80. The molecule has 1 aliphatic heterocycles. The number of anilines is 1. The molecule has 1 unspecified atom stereocenters.